The molecule has 44 heavy (non-hydrogen) atoms. The summed E-state index contributed by atoms with van der Waals surface area (Å²) in [7, 11) is 1.37. The zero-order valence-electron chi connectivity index (χ0n) is 27.3. The van der Waals surface area contributed by atoms with E-state index in [0.29, 0.717) is 30.3 Å². The van der Waals surface area contributed by atoms with Crippen LogP contribution in [-0.4, -0.2) is 78.3 Å². The van der Waals surface area contributed by atoms with Crippen LogP contribution in [0.15, 0.2) is 23.8 Å². The number of aliphatic carboxylic acids is 1. The van der Waals surface area contributed by atoms with Gasteiger partial charge in [0.1, 0.15) is 5.92 Å². The van der Waals surface area contributed by atoms with Crippen LogP contribution in [0.25, 0.3) is 0 Å². The predicted octanol–water partition coefficient (Wildman–Crippen LogP) is 3.05. The van der Waals surface area contributed by atoms with Crippen LogP contribution in [0.1, 0.15) is 73.1 Å². The number of rotatable bonds is 6. The van der Waals surface area contributed by atoms with Gasteiger partial charge in [-0.15, -0.1) is 6.58 Å². The average molecular weight is 611 g/mol. The molecular weight excluding hydrogens is 556 g/mol. The molecule has 0 spiro atoms. The first-order valence-corrected chi connectivity index (χ1v) is 17.2. The summed E-state index contributed by atoms with van der Waals surface area (Å²) < 4.78 is 5.27. The first-order chi connectivity index (χ1) is 21.0. The SMILES string of the molecule is C=CC1C2CC3NC(CC4NC5C(C(=O)C(C(=O)OC)C5C5NC(CC(N2)C1C)C(C)C5CCC(=O)O)C4C)C(CC)=C3C. The summed E-state index contributed by atoms with van der Waals surface area (Å²) in [6.45, 7) is 15.5. The highest BCUT2D eigenvalue weighted by molar-refractivity contribution is 6.03. The van der Waals surface area contributed by atoms with Crippen molar-refractivity contribution in [3.05, 3.63) is 23.8 Å². The van der Waals surface area contributed by atoms with E-state index in [4.69, 9.17) is 4.74 Å². The van der Waals surface area contributed by atoms with E-state index in [2.05, 4.69) is 68.5 Å². The number of carboxylic acid groups (broad SMARTS) is 1. The van der Waals surface area contributed by atoms with Gasteiger partial charge >= 0.3 is 11.9 Å². The van der Waals surface area contributed by atoms with E-state index in [0.717, 1.165) is 25.7 Å². The van der Waals surface area contributed by atoms with Gasteiger partial charge in [0.25, 0.3) is 0 Å². The number of fused-ring (bicyclic) bond motifs is 8. The normalized spacial score (nSPS) is 48.2. The summed E-state index contributed by atoms with van der Waals surface area (Å²) in [5, 5.41) is 25.6. The van der Waals surface area contributed by atoms with Crippen molar-refractivity contribution in [3.63, 3.8) is 0 Å². The minimum absolute atomic E-state index is 0.00667. The lowest BCUT2D eigenvalue weighted by Crippen LogP contribution is -2.51. The Balaban J connectivity index is 1.42. The van der Waals surface area contributed by atoms with Crippen LogP contribution in [0, 0.1) is 47.3 Å². The maximum Gasteiger partial charge on any atom is 0.316 e. The van der Waals surface area contributed by atoms with Crippen LogP contribution in [0.5, 0.6) is 0 Å². The Bertz CT molecular complexity index is 1200. The molecule has 244 valence electrons. The summed E-state index contributed by atoms with van der Waals surface area (Å²) in [6.07, 6.45) is 6.55. The fourth-order valence-corrected chi connectivity index (χ4v) is 10.9. The zero-order chi connectivity index (χ0) is 31.6. The Morgan fingerprint density at radius 2 is 1.59 bits per heavy atom. The number of hydrogen-bond acceptors (Lipinski definition) is 8. The van der Waals surface area contributed by atoms with Crippen molar-refractivity contribution in [2.45, 2.75) is 121 Å². The van der Waals surface area contributed by atoms with Gasteiger partial charge < -0.3 is 31.1 Å². The smallest absolute Gasteiger partial charge is 0.316 e. The zero-order valence-corrected chi connectivity index (χ0v) is 27.3. The molecule has 4 saturated heterocycles. The fraction of sp³-hybridized carbons (Fsp3) is 0.800. The fourth-order valence-electron chi connectivity index (χ4n) is 10.9. The minimum Gasteiger partial charge on any atom is -0.481 e. The molecule has 0 aromatic heterocycles. The second kappa shape index (κ2) is 12.3. The summed E-state index contributed by atoms with van der Waals surface area (Å²) >= 11 is 0. The van der Waals surface area contributed by atoms with Crippen LogP contribution in [-0.2, 0) is 19.1 Å². The first-order valence-electron chi connectivity index (χ1n) is 17.2. The van der Waals surface area contributed by atoms with Crippen molar-refractivity contribution in [2.24, 2.45) is 47.3 Å². The van der Waals surface area contributed by atoms with Gasteiger partial charge in [-0.25, -0.2) is 0 Å². The number of carbonyl (C=O) groups is 3. The summed E-state index contributed by atoms with van der Waals surface area (Å²) in [5.41, 5.74) is 2.95. The molecule has 5 aliphatic heterocycles. The molecule has 5 fully saturated rings. The topological polar surface area (TPSA) is 129 Å². The van der Waals surface area contributed by atoms with E-state index in [1.807, 2.05) is 0 Å². The lowest BCUT2D eigenvalue weighted by molar-refractivity contribution is -0.151. The highest BCUT2D eigenvalue weighted by Gasteiger charge is 2.64. The standard InChI is InChI=1S/C35H54N4O5/c1-8-19-15(3)22-12-24-17(5)21(10-11-28(40)41)32(38-24)30-31(35(43)44-7)34(42)29-18(6)25(39-33(29)30)14-27-20(9-2)16(4)23(37-27)13-26(19)36-22/h8,15,17-19,21-27,29-33,36-39H,1,9-14H2,2-7H3,(H,40,41). The van der Waals surface area contributed by atoms with Gasteiger partial charge in [0.2, 0.25) is 0 Å². The molecule has 9 nitrogen and oxygen atoms in total. The van der Waals surface area contributed by atoms with E-state index in [1.54, 1.807) is 0 Å². The van der Waals surface area contributed by atoms with Crippen LogP contribution in [0.3, 0.4) is 0 Å². The van der Waals surface area contributed by atoms with Gasteiger partial charge in [-0.05, 0) is 68.6 Å². The van der Waals surface area contributed by atoms with Crippen LogP contribution in [0.4, 0.5) is 0 Å². The van der Waals surface area contributed by atoms with E-state index in [1.165, 1.54) is 18.3 Å². The van der Waals surface area contributed by atoms with Crippen molar-refractivity contribution in [1.82, 2.24) is 21.3 Å². The molecule has 1 aliphatic carbocycles. The Morgan fingerprint density at radius 3 is 2.25 bits per heavy atom. The van der Waals surface area contributed by atoms with Crippen molar-refractivity contribution >= 4 is 17.7 Å². The molecule has 9 heteroatoms. The van der Waals surface area contributed by atoms with Gasteiger partial charge in [-0.2, -0.15) is 0 Å². The van der Waals surface area contributed by atoms with Crippen LogP contribution in [0.2, 0.25) is 0 Å². The quantitative estimate of drug-likeness (QED) is 0.175. The van der Waals surface area contributed by atoms with Gasteiger partial charge in [0, 0.05) is 66.6 Å². The number of hydrogen-bond donors (Lipinski definition) is 5. The Labute approximate surface area is 262 Å². The van der Waals surface area contributed by atoms with E-state index in [9.17, 15) is 19.5 Å². The number of ether oxygens (including phenoxy) is 1. The largest absolute Gasteiger partial charge is 0.481 e. The molecule has 6 aliphatic rings. The Hall–Kier alpha value is -2.07. The molecule has 8 bridgehead atoms. The Morgan fingerprint density at radius 1 is 0.932 bits per heavy atom. The number of esters is 1. The monoisotopic (exact) mass is 610 g/mol. The molecule has 5 heterocycles. The number of carboxylic acids is 1. The molecule has 16 atom stereocenters. The van der Waals surface area contributed by atoms with Crippen molar-refractivity contribution in [1.29, 1.82) is 0 Å². The molecule has 6 rings (SSSR count). The predicted molar refractivity (Wildman–Crippen MR) is 169 cm³/mol. The highest BCUT2D eigenvalue weighted by atomic mass is 16.5. The third-order valence-corrected chi connectivity index (χ3v) is 13.3. The van der Waals surface area contributed by atoms with Gasteiger partial charge in [0.05, 0.1) is 7.11 Å². The van der Waals surface area contributed by atoms with Crippen LogP contribution >= 0.6 is 0 Å². The molecule has 5 N–H and O–H groups in total. The first kappa shape index (κ1) is 31.9. The van der Waals surface area contributed by atoms with Gasteiger partial charge in [-0.1, -0.05) is 44.9 Å². The molecule has 0 aromatic rings. The molecule has 0 radical (unpaired) electrons. The highest BCUT2D eigenvalue weighted by Crippen LogP contribution is 2.51. The molecule has 16 unspecified atom stereocenters. The lowest BCUT2D eigenvalue weighted by Gasteiger charge is -2.34. The summed E-state index contributed by atoms with van der Waals surface area (Å²) in [4.78, 5) is 39.3. The molecule has 0 amide bonds. The average Bonchev–Trinajstić information content (AvgIpc) is 3.72. The molecule has 1 saturated carbocycles. The summed E-state index contributed by atoms with van der Waals surface area (Å²) in [6, 6.07) is 1.12. The molecule has 0 aromatic carbocycles. The second-order valence-electron chi connectivity index (χ2n) is 15.0. The van der Waals surface area contributed by atoms with Crippen molar-refractivity contribution < 1.29 is 24.2 Å². The summed E-state index contributed by atoms with van der Waals surface area (Å²) in [5.74, 6) is -1.60. The van der Waals surface area contributed by atoms with Crippen LogP contribution < -0.4 is 21.3 Å². The van der Waals surface area contributed by atoms with E-state index in [-0.39, 0.29) is 78.0 Å². The minimum atomic E-state index is -0.846. The number of Topliss-reactive ketones (excluding diaryl/α,β-unsaturated/α-hetero) is 1. The maximum atomic E-state index is 14.2. The van der Waals surface area contributed by atoms with Gasteiger partial charge in [0.15, 0.2) is 5.78 Å². The third-order valence-electron chi connectivity index (χ3n) is 13.3. The van der Waals surface area contributed by atoms with Crippen molar-refractivity contribution in [3.8, 4) is 0 Å². The number of carbonyl (C=O) groups excluding carboxylic acids is 2. The number of methoxy groups -OCH3 is 1. The third kappa shape index (κ3) is 5.10. The lowest BCUT2D eigenvalue weighted by atomic mass is 9.75. The van der Waals surface area contributed by atoms with Gasteiger partial charge in [-0.3, -0.25) is 14.4 Å². The molecular formula is C35H54N4O5. The Kier molecular flexibility index (Phi) is 8.89. The number of nitrogens with one attached hydrogen (secondary N) is 4. The second-order valence-corrected chi connectivity index (χ2v) is 15.0. The van der Waals surface area contributed by atoms with Crippen molar-refractivity contribution in [2.75, 3.05) is 7.11 Å². The number of ketones is 1. The van der Waals surface area contributed by atoms with E-state index >= 15 is 0 Å². The van der Waals surface area contributed by atoms with E-state index < -0.39 is 17.9 Å². The maximum absolute atomic E-state index is 14.2.